The van der Waals surface area contributed by atoms with Crippen LogP contribution >= 0.6 is 0 Å². The SMILES string of the molecule is C[C@@H]1O[C@H](CO)[C@@H](O)CC[C@H]1O. The number of ether oxygens (including phenoxy) is 1. The van der Waals surface area contributed by atoms with Crippen LogP contribution in [0.4, 0.5) is 0 Å². The van der Waals surface area contributed by atoms with Crippen LogP contribution in [0.15, 0.2) is 0 Å². The van der Waals surface area contributed by atoms with E-state index >= 15 is 0 Å². The number of aliphatic hydroxyl groups excluding tert-OH is 3. The molecule has 1 aliphatic heterocycles. The molecule has 1 aliphatic rings. The fraction of sp³-hybridized carbons (Fsp3) is 1.00. The standard InChI is InChI=1S/C8H16O4/c1-5-6(10)2-3-7(11)8(4-9)12-5/h5-11H,2-4H2,1H3/t5-,6+,7-,8+/m0/s1. The quantitative estimate of drug-likeness (QED) is 0.492. The molecule has 0 aliphatic carbocycles. The molecule has 0 spiro atoms. The van der Waals surface area contributed by atoms with Gasteiger partial charge in [-0.2, -0.15) is 0 Å². The Balaban J connectivity index is 2.54. The van der Waals surface area contributed by atoms with Gasteiger partial charge in [0.1, 0.15) is 6.10 Å². The zero-order chi connectivity index (χ0) is 9.14. The Bertz CT molecular complexity index is 139. The Morgan fingerprint density at radius 1 is 1.25 bits per heavy atom. The molecule has 0 amide bonds. The Labute approximate surface area is 71.8 Å². The summed E-state index contributed by atoms with van der Waals surface area (Å²) in [4.78, 5) is 0. The van der Waals surface area contributed by atoms with Crippen molar-refractivity contribution in [3.63, 3.8) is 0 Å². The average Bonchev–Trinajstić information content (AvgIpc) is 2.18. The van der Waals surface area contributed by atoms with Crippen molar-refractivity contribution in [1.82, 2.24) is 0 Å². The highest BCUT2D eigenvalue weighted by atomic mass is 16.5. The van der Waals surface area contributed by atoms with Gasteiger partial charge >= 0.3 is 0 Å². The maximum absolute atomic E-state index is 9.39. The Kier molecular flexibility index (Phi) is 3.46. The molecule has 4 atom stereocenters. The highest BCUT2D eigenvalue weighted by molar-refractivity contribution is 4.78. The topological polar surface area (TPSA) is 69.9 Å². The highest BCUT2D eigenvalue weighted by Gasteiger charge is 2.29. The third-order valence-electron chi connectivity index (χ3n) is 2.30. The second-order valence-electron chi connectivity index (χ2n) is 3.27. The molecule has 0 radical (unpaired) electrons. The van der Waals surface area contributed by atoms with E-state index in [0.717, 1.165) is 0 Å². The lowest BCUT2D eigenvalue weighted by molar-refractivity contribution is -0.103. The van der Waals surface area contributed by atoms with Crippen LogP contribution in [0.1, 0.15) is 19.8 Å². The molecule has 0 saturated carbocycles. The molecule has 0 bridgehead atoms. The maximum atomic E-state index is 9.39. The van der Waals surface area contributed by atoms with Crippen molar-refractivity contribution in [2.75, 3.05) is 6.61 Å². The van der Waals surface area contributed by atoms with Gasteiger partial charge in [0.05, 0.1) is 24.9 Å². The fourth-order valence-electron chi connectivity index (χ4n) is 1.38. The summed E-state index contributed by atoms with van der Waals surface area (Å²) in [6.07, 6.45) is -1.03. The molecule has 3 N–H and O–H groups in total. The molecule has 1 rings (SSSR count). The monoisotopic (exact) mass is 176 g/mol. The van der Waals surface area contributed by atoms with Crippen molar-refractivity contribution in [2.45, 2.75) is 44.2 Å². The van der Waals surface area contributed by atoms with Gasteiger partial charge in [0, 0.05) is 0 Å². The van der Waals surface area contributed by atoms with Crippen LogP contribution < -0.4 is 0 Å². The van der Waals surface area contributed by atoms with Crippen molar-refractivity contribution in [3.8, 4) is 0 Å². The minimum Gasteiger partial charge on any atom is -0.394 e. The molecule has 72 valence electrons. The Morgan fingerprint density at radius 2 is 1.83 bits per heavy atom. The molecular weight excluding hydrogens is 160 g/mol. The summed E-state index contributed by atoms with van der Waals surface area (Å²) >= 11 is 0. The van der Waals surface area contributed by atoms with Gasteiger partial charge in [-0.3, -0.25) is 0 Å². The van der Waals surface area contributed by atoms with Gasteiger partial charge in [-0.25, -0.2) is 0 Å². The van der Waals surface area contributed by atoms with E-state index in [4.69, 9.17) is 9.84 Å². The summed E-state index contributed by atoms with van der Waals surface area (Å²) in [5.74, 6) is 0. The lowest BCUT2D eigenvalue weighted by atomic mass is 10.1. The van der Waals surface area contributed by atoms with E-state index in [1.165, 1.54) is 0 Å². The van der Waals surface area contributed by atoms with Crippen molar-refractivity contribution >= 4 is 0 Å². The second-order valence-corrected chi connectivity index (χ2v) is 3.27. The Hall–Kier alpha value is -0.160. The first-order valence-corrected chi connectivity index (χ1v) is 4.27. The Morgan fingerprint density at radius 3 is 2.42 bits per heavy atom. The zero-order valence-electron chi connectivity index (χ0n) is 7.18. The fourth-order valence-corrected chi connectivity index (χ4v) is 1.38. The lowest BCUT2D eigenvalue weighted by Gasteiger charge is -2.21. The van der Waals surface area contributed by atoms with Gasteiger partial charge < -0.3 is 20.1 Å². The van der Waals surface area contributed by atoms with Crippen LogP contribution in [0, 0.1) is 0 Å². The summed E-state index contributed by atoms with van der Waals surface area (Å²) in [5.41, 5.74) is 0. The second kappa shape index (κ2) is 4.18. The van der Waals surface area contributed by atoms with Crippen LogP contribution in [0.2, 0.25) is 0 Å². The molecule has 1 fully saturated rings. The predicted molar refractivity (Wildman–Crippen MR) is 42.7 cm³/mol. The number of rotatable bonds is 1. The molecule has 0 unspecified atom stereocenters. The van der Waals surface area contributed by atoms with Gasteiger partial charge in [-0.1, -0.05) is 0 Å². The third-order valence-corrected chi connectivity index (χ3v) is 2.30. The van der Waals surface area contributed by atoms with Crippen LogP contribution in [-0.2, 0) is 4.74 Å². The van der Waals surface area contributed by atoms with E-state index in [0.29, 0.717) is 12.8 Å². The van der Waals surface area contributed by atoms with E-state index in [1.54, 1.807) is 6.92 Å². The first-order valence-electron chi connectivity index (χ1n) is 4.27. The van der Waals surface area contributed by atoms with E-state index in [9.17, 15) is 10.2 Å². The third kappa shape index (κ3) is 2.17. The van der Waals surface area contributed by atoms with Gasteiger partial charge in [-0.15, -0.1) is 0 Å². The molecule has 0 aromatic rings. The van der Waals surface area contributed by atoms with Gasteiger partial charge in [-0.05, 0) is 19.8 Å². The van der Waals surface area contributed by atoms with Gasteiger partial charge in [0.15, 0.2) is 0 Å². The van der Waals surface area contributed by atoms with Crippen molar-refractivity contribution in [3.05, 3.63) is 0 Å². The highest BCUT2D eigenvalue weighted by Crippen LogP contribution is 2.18. The molecular formula is C8H16O4. The normalized spacial score (nSPS) is 44.0. The lowest BCUT2D eigenvalue weighted by Crippen LogP contribution is -2.34. The largest absolute Gasteiger partial charge is 0.394 e. The molecule has 0 aromatic heterocycles. The number of hydrogen-bond acceptors (Lipinski definition) is 4. The van der Waals surface area contributed by atoms with E-state index < -0.39 is 18.3 Å². The smallest absolute Gasteiger partial charge is 0.107 e. The minimum atomic E-state index is -0.658. The van der Waals surface area contributed by atoms with Crippen molar-refractivity contribution in [1.29, 1.82) is 0 Å². The van der Waals surface area contributed by atoms with E-state index in [-0.39, 0.29) is 12.7 Å². The number of aliphatic hydroxyl groups is 3. The van der Waals surface area contributed by atoms with Gasteiger partial charge in [0.2, 0.25) is 0 Å². The van der Waals surface area contributed by atoms with Gasteiger partial charge in [0.25, 0.3) is 0 Å². The molecule has 1 heterocycles. The molecule has 4 heteroatoms. The zero-order valence-corrected chi connectivity index (χ0v) is 7.18. The summed E-state index contributed by atoms with van der Waals surface area (Å²) in [5, 5.41) is 27.6. The maximum Gasteiger partial charge on any atom is 0.107 e. The van der Waals surface area contributed by atoms with Crippen molar-refractivity contribution in [2.24, 2.45) is 0 Å². The van der Waals surface area contributed by atoms with E-state index in [2.05, 4.69) is 0 Å². The summed E-state index contributed by atoms with van der Waals surface area (Å²) < 4.78 is 5.23. The summed E-state index contributed by atoms with van der Waals surface area (Å²) in [7, 11) is 0. The first kappa shape index (κ1) is 9.92. The van der Waals surface area contributed by atoms with Crippen LogP contribution in [-0.4, -0.2) is 46.3 Å². The summed E-state index contributed by atoms with van der Waals surface area (Å²) in [6, 6.07) is 0. The molecule has 4 nitrogen and oxygen atoms in total. The van der Waals surface area contributed by atoms with E-state index in [1.807, 2.05) is 0 Å². The first-order chi connectivity index (χ1) is 5.65. The molecule has 0 aromatic carbocycles. The van der Waals surface area contributed by atoms with Crippen LogP contribution in [0.25, 0.3) is 0 Å². The number of hydrogen-bond donors (Lipinski definition) is 3. The van der Waals surface area contributed by atoms with Crippen LogP contribution in [0.5, 0.6) is 0 Å². The van der Waals surface area contributed by atoms with Crippen LogP contribution in [0.3, 0.4) is 0 Å². The van der Waals surface area contributed by atoms with Crippen molar-refractivity contribution < 1.29 is 20.1 Å². The minimum absolute atomic E-state index is 0.196. The molecule has 12 heavy (non-hydrogen) atoms. The summed E-state index contributed by atoms with van der Waals surface area (Å²) in [6.45, 7) is 1.55. The molecule has 1 saturated heterocycles. The predicted octanol–water partition coefficient (Wildman–Crippen LogP) is -0.732. The average molecular weight is 176 g/mol.